The van der Waals surface area contributed by atoms with Crippen molar-refractivity contribution in [2.45, 2.75) is 26.3 Å². The lowest BCUT2D eigenvalue weighted by molar-refractivity contribution is 0.234. The molecule has 96 valence electrons. The maximum Gasteiger partial charge on any atom is 0.128 e. The van der Waals surface area contributed by atoms with Gasteiger partial charge in [0.15, 0.2) is 0 Å². The van der Waals surface area contributed by atoms with Crippen molar-refractivity contribution in [3.63, 3.8) is 0 Å². The van der Waals surface area contributed by atoms with Crippen molar-refractivity contribution in [1.82, 2.24) is 5.32 Å². The van der Waals surface area contributed by atoms with Crippen LogP contribution in [0.2, 0.25) is 0 Å². The fourth-order valence-corrected chi connectivity index (χ4v) is 2.60. The van der Waals surface area contributed by atoms with E-state index in [0.717, 1.165) is 10.9 Å². The second-order valence-electron chi connectivity index (χ2n) is 4.91. The van der Waals surface area contributed by atoms with Crippen LogP contribution >= 0.6 is 15.9 Å². The SMILES string of the molecule is CNC(c1cc(Br)ccc1F)C(C)(C)CCN. The summed E-state index contributed by atoms with van der Waals surface area (Å²) in [5.74, 6) is -0.183. The van der Waals surface area contributed by atoms with Gasteiger partial charge in [0.1, 0.15) is 5.82 Å². The zero-order valence-electron chi connectivity index (χ0n) is 10.6. The lowest BCUT2D eigenvalue weighted by Gasteiger charge is -2.34. The highest BCUT2D eigenvalue weighted by molar-refractivity contribution is 9.10. The Balaban J connectivity index is 3.13. The lowest BCUT2D eigenvalue weighted by atomic mass is 9.77. The van der Waals surface area contributed by atoms with Crippen LogP contribution in [0, 0.1) is 11.2 Å². The Labute approximate surface area is 111 Å². The van der Waals surface area contributed by atoms with Crippen molar-refractivity contribution in [3.8, 4) is 0 Å². The van der Waals surface area contributed by atoms with E-state index in [4.69, 9.17) is 5.73 Å². The predicted octanol–water partition coefficient (Wildman–Crippen LogP) is 3.22. The number of halogens is 2. The maximum absolute atomic E-state index is 13.9. The van der Waals surface area contributed by atoms with Crippen molar-refractivity contribution in [1.29, 1.82) is 0 Å². The average molecular weight is 303 g/mol. The molecule has 1 aromatic carbocycles. The average Bonchev–Trinajstić information content (AvgIpc) is 2.23. The molecule has 1 rings (SSSR count). The van der Waals surface area contributed by atoms with Crippen LogP contribution in [0.3, 0.4) is 0 Å². The molecule has 2 nitrogen and oxygen atoms in total. The first-order valence-corrected chi connectivity index (χ1v) is 6.54. The number of hydrogen-bond acceptors (Lipinski definition) is 2. The largest absolute Gasteiger partial charge is 0.330 e. The lowest BCUT2D eigenvalue weighted by Crippen LogP contribution is -2.34. The van der Waals surface area contributed by atoms with Gasteiger partial charge in [0.2, 0.25) is 0 Å². The number of benzene rings is 1. The molecule has 1 aromatic rings. The number of nitrogens with two attached hydrogens (primary N) is 1. The number of nitrogens with one attached hydrogen (secondary N) is 1. The first-order valence-electron chi connectivity index (χ1n) is 5.74. The topological polar surface area (TPSA) is 38.0 Å². The molecule has 0 saturated heterocycles. The van der Waals surface area contributed by atoms with Crippen LogP contribution < -0.4 is 11.1 Å². The molecule has 0 bridgehead atoms. The molecule has 1 atom stereocenters. The Morgan fingerprint density at radius 3 is 2.65 bits per heavy atom. The third kappa shape index (κ3) is 3.50. The van der Waals surface area contributed by atoms with Gasteiger partial charge >= 0.3 is 0 Å². The van der Waals surface area contributed by atoms with Crippen molar-refractivity contribution in [2.75, 3.05) is 13.6 Å². The van der Waals surface area contributed by atoms with Gasteiger partial charge < -0.3 is 11.1 Å². The minimum absolute atomic E-state index is 0.0523. The van der Waals surface area contributed by atoms with E-state index < -0.39 is 0 Å². The number of rotatable bonds is 5. The van der Waals surface area contributed by atoms with E-state index in [-0.39, 0.29) is 17.3 Å². The molecule has 0 aliphatic rings. The van der Waals surface area contributed by atoms with Gasteiger partial charge in [-0.2, -0.15) is 0 Å². The third-order valence-corrected chi connectivity index (χ3v) is 3.62. The van der Waals surface area contributed by atoms with Crippen LogP contribution in [0.15, 0.2) is 22.7 Å². The minimum atomic E-state index is -0.183. The first-order chi connectivity index (χ1) is 7.92. The smallest absolute Gasteiger partial charge is 0.128 e. The van der Waals surface area contributed by atoms with Crippen LogP contribution in [0.1, 0.15) is 31.9 Å². The zero-order chi connectivity index (χ0) is 13.1. The molecule has 4 heteroatoms. The normalized spacial score (nSPS) is 13.8. The van der Waals surface area contributed by atoms with Crippen molar-refractivity contribution < 1.29 is 4.39 Å². The molecule has 1 unspecified atom stereocenters. The summed E-state index contributed by atoms with van der Waals surface area (Å²) in [5.41, 5.74) is 6.21. The van der Waals surface area contributed by atoms with Gasteiger partial charge in [-0.3, -0.25) is 0 Å². The summed E-state index contributed by atoms with van der Waals surface area (Å²) < 4.78 is 14.8. The van der Waals surface area contributed by atoms with Crippen LogP contribution in [-0.2, 0) is 0 Å². The van der Waals surface area contributed by atoms with E-state index in [9.17, 15) is 4.39 Å². The second kappa shape index (κ2) is 5.94. The fraction of sp³-hybridized carbons (Fsp3) is 0.538. The van der Waals surface area contributed by atoms with Crippen LogP contribution in [0.25, 0.3) is 0 Å². The van der Waals surface area contributed by atoms with E-state index in [1.165, 1.54) is 6.07 Å². The Bertz CT molecular complexity index is 380. The van der Waals surface area contributed by atoms with E-state index in [0.29, 0.717) is 12.1 Å². The zero-order valence-corrected chi connectivity index (χ0v) is 12.1. The molecule has 0 spiro atoms. The van der Waals surface area contributed by atoms with E-state index in [1.54, 1.807) is 6.07 Å². The first kappa shape index (κ1) is 14.6. The molecule has 0 aromatic heterocycles. The van der Waals surface area contributed by atoms with E-state index in [1.807, 2.05) is 13.1 Å². The monoisotopic (exact) mass is 302 g/mol. The van der Waals surface area contributed by atoms with Gasteiger partial charge in [-0.15, -0.1) is 0 Å². The molecule has 17 heavy (non-hydrogen) atoms. The van der Waals surface area contributed by atoms with Gasteiger partial charge in [0.25, 0.3) is 0 Å². The van der Waals surface area contributed by atoms with Crippen molar-refractivity contribution in [2.24, 2.45) is 11.1 Å². The minimum Gasteiger partial charge on any atom is -0.330 e. The molecule has 3 N–H and O–H groups in total. The molecular weight excluding hydrogens is 283 g/mol. The van der Waals surface area contributed by atoms with Crippen LogP contribution in [0.4, 0.5) is 4.39 Å². The number of hydrogen-bond donors (Lipinski definition) is 2. The summed E-state index contributed by atoms with van der Waals surface area (Å²) >= 11 is 3.38. The second-order valence-corrected chi connectivity index (χ2v) is 5.83. The Morgan fingerprint density at radius 1 is 1.47 bits per heavy atom. The molecule has 0 heterocycles. The Hall–Kier alpha value is -0.450. The predicted molar refractivity (Wildman–Crippen MR) is 73.4 cm³/mol. The van der Waals surface area contributed by atoms with Crippen LogP contribution in [0.5, 0.6) is 0 Å². The molecule has 0 saturated carbocycles. The maximum atomic E-state index is 13.9. The van der Waals surface area contributed by atoms with Crippen molar-refractivity contribution in [3.05, 3.63) is 34.1 Å². The molecule has 0 aliphatic carbocycles. The van der Waals surface area contributed by atoms with E-state index >= 15 is 0 Å². The summed E-state index contributed by atoms with van der Waals surface area (Å²) in [6.45, 7) is 4.80. The van der Waals surface area contributed by atoms with Crippen molar-refractivity contribution >= 4 is 15.9 Å². The van der Waals surface area contributed by atoms with Gasteiger partial charge in [0.05, 0.1) is 0 Å². The highest BCUT2D eigenvalue weighted by Crippen LogP contribution is 2.37. The quantitative estimate of drug-likeness (QED) is 0.876. The highest BCUT2D eigenvalue weighted by Gasteiger charge is 2.30. The van der Waals surface area contributed by atoms with Gasteiger partial charge in [-0.25, -0.2) is 4.39 Å². The van der Waals surface area contributed by atoms with E-state index in [2.05, 4.69) is 35.1 Å². The summed E-state index contributed by atoms with van der Waals surface area (Å²) in [4.78, 5) is 0. The highest BCUT2D eigenvalue weighted by atomic mass is 79.9. The fourth-order valence-electron chi connectivity index (χ4n) is 2.22. The summed E-state index contributed by atoms with van der Waals surface area (Å²) in [5, 5.41) is 3.20. The molecule has 0 radical (unpaired) electrons. The van der Waals surface area contributed by atoms with Gasteiger partial charge in [-0.1, -0.05) is 29.8 Å². The summed E-state index contributed by atoms with van der Waals surface area (Å²) in [6, 6.07) is 4.97. The molecular formula is C13H20BrFN2. The third-order valence-electron chi connectivity index (χ3n) is 3.13. The standard InChI is InChI=1S/C13H20BrFN2/c1-13(2,6-7-16)12(17-3)10-8-9(14)4-5-11(10)15/h4-5,8,12,17H,6-7,16H2,1-3H3. The van der Waals surface area contributed by atoms with Crippen LogP contribution in [-0.4, -0.2) is 13.6 Å². The molecule has 0 amide bonds. The Kier molecular flexibility index (Phi) is 5.10. The Morgan fingerprint density at radius 2 is 2.12 bits per heavy atom. The molecule has 0 fully saturated rings. The van der Waals surface area contributed by atoms with Gasteiger partial charge in [-0.05, 0) is 43.6 Å². The summed E-state index contributed by atoms with van der Waals surface area (Å²) in [7, 11) is 1.85. The van der Waals surface area contributed by atoms with Gasteiger partial charge in [0, 0.05) is 16.1 Å². The molecule has 0 aliphatic heterocycles. The summed E-state index contributed by atoms with van der Waals surface area (Å²) in [6.07, 6.45) is 0.838.